The molecule has 5 nitrogen and oxygen atoms in total. The van der Waals surface area contributed by atoms with Gasteiger partial charge in [-0.1, -0.05) is 17.7 Å². The first-order valence-corrected chi connectivity index (χ1v) is 9.02. The lowest BCUT2D eigenvalue weighted by Gasteiger charge is -2.09. The summed E-state index contributed by atoms with van der Waals surface area (Å²) in [6.45, 7) is 3.33. The van der Waals surface area contributed by atoms with Gasteiger partial charge < -0.3 is 15.8 Å². The molecule has 0 aliphatic rings. The van der Waals surface area contributed by atoms with Crippen molar-refractivity contribution in [2.75, 3.05) is 19.0 Å². The second-order valence-corrected chi connectivity index (χ2v) is 7.20. The number of nitrogens with two attached hydrogens (primary N) is 1. The topological polar surface area (TPSA) is 64.6 Å². The Labute approximate surface area is 150 Å². The minimum atomic E-state index is -0.0379. The number of ether oxygens (including phenoxy) is 1. The first-order chi connectivity index (χ1) is 11.6. The summed E-state index contributed by atoms with van der Waals surface area (Å²) in [4.78, 5) is 1.27. The number of hydrogen-bond acceptors (Lipinski definition) is 5. The van der Waals surface area contributed by atoms with Gasteiger partial charge in [-0.15, -0.1) is 11.3 Å². The highest BCUT2D eigenvalue weighted by Gasteiger charge is 2.14. The Morgan fingerprint density at radius 1 is 1.46 bits per heavy atom. The molecule has 0 bridgehead atoms. The van der Waals surface area contributed by atoms with Crippen LogP contribution >= 0.6 is 22.9 Å². The van der Waals surface area contributed by atoms with Gasteiger partial charge in [-0.05, 0) is 36.4 Å². The molecule has 0 aliphatic heterocycles. The Morgan fingerprint density at radius 2 is 2.29 bits per heavy atom. The van der Waals surface area contributed by atoms with Crippen LogP contribution in [0.2, 0.25) is 5.15 Å². The van der Waals surface area contributed by atoms with E-state index in [9.17, 15) is 0 Å². The number of anilines is 1. The lowest BCUT2D eigenvalue weighted by atomic mass is 10.1. The molecule has 0 unspecified atom stereocenters. The van der Waals surface area contributed by atoms with Gasteiger partial charge in [0.25, 0.3) is 0 Å². The maximum atomic E-state index is 6.21. The van der Waals surface area contributed by atoms with Gasteiger partial charge in [-0.2, -0.15) is 5.10 Å². The van der Waals surface area contributed by atoms with Crippen molar-refractivity contribution in [1.82, 2.24) is 9.61 Å². The summed E-state index contributed by atoms with van der Waals surface area (Å²) in [5.41, 5.74) is 10.3. The minimum absolute atomic E-state index is 0.0379. The van der Waals surface area contributed by atoms with E-state index in [1.165, 1.54) is 4.88 Å². The van der Waals surface area contributed by atoms with Gasteiger partial charge in [0, 0.05) is 36.3 Å². The predicted octanol–water partition coefficient (Wildman–Crippen LogP) is 3.49. The first-order valence-electron chi connectivity index (χ1n) is 7.77. The molecule has 0 saturated heterocycles. The standard InChI is InChI=1S/C17H21ClN4OS/c1-11-12(6-13(19)10-23-2)7-16-15(8-17(18)21-22(11)16)20-9-14-4-3-5-24-14/h3-5,7-8,13,20H,6,9-10,19H2,1-2H3/t13-/m1/s1. The molecule has 0 aromatic carbocycles. The Morgan fingerprint density at radius 3 is 3.00 bits per heavy atom. The third-order valence-corrected chi connectivity index (χ3v) is 5.01. The minimum Gasteiger partial charge on any atom is -0.383 e. The van der Waals surface area contributed by atoms with Crippen molar-refractivity contribution in [2.24, 2.45) is 5.73 Å². The van der Waals surface area contributed by atoms with Crippen LogP contribution in [0.5, 0.6) is 0 Å². The molecular weight excluding hydrogens is 344 g/mol. The molecule has 7 heteroatoms. The number of halogens is 1. The van der Waals surface area contributed by atoms with Crippen LogP contribution in [0.3, 0.4) is 0 Å². The summed E-state index contributed by atoms with van der Waals surface area (Å²) in [7, 11) is 1.66. The summed E-state index contributed by atoms with van der Waals surface area (Å²) in [6, 6.07) is 8.11. The highest BCUT2D eigenvalue weighted by Crippen LogP contribution is 2.26. The lowest BCUT2D eigenvalue weighted by Crippen LogP contribution is -2.28. The van der Waals surface area contributed by atoms with Crippen LogP contribution in [0.15, 0.2) is 29.6 Å². The number of thiophene rings is 1. The molecule has 0 aliphatic carbocycles. The number of nitrogens with zero attached hydrogens (tertiary/aromatic N) is 2. The Hall–Kier alpha value is -1.60. The number of aryl methyl sites for hydroxylation is 1. The Kier molecular flexibility index (Phi) is 5.40. The second-order valence-electron chi connectivity index (χ2n) is 5.79. The molecule has 3 N–H and O–H groups in total. The van der Waals surface area contributed by atoms with Crippen molar-refractivity contribution in [2.45, 2.75) is 25.9 Å². The number of fused-ring (bicyclic) bond motifs is 1. The van der Waals surface area contributed by atoms with Crippen molar-refractivity contribution >= 4 is 34.1 Å². The van der Waals surface area contributed by atoms with Crippen LogP contribution in [0.25, 0.3) is 5.52 Å². The van der Waals surface area contributed by atoms with Crippen molar-refractivity contribution in [3.63, 3.8) is 0 Å². The average Bonchev–Trinajstić information content (AvgIpc) is 3.15. The average molecular weight is 365 g/mol. The van der Waals surface area contributed by atoms with Crippen LogP contribution in [-0.2, 0) is 17.7 Å². The lowest BCUT2D eigenvalue weighted by molar-refractivity contribution is 0.180. The third kappa shape index (κ3) is 3.72. The van der Waals surface area contributed by atoms with E-state index in [4.69, 9.17) is 22.1 Å². The Balaban J connectivity index is 1.91. The van der Waals surface area contributed by atoms with Crippen molar-refractivity contribution < 1.29 is 4.74 Å². The van der Waals surface area contributed by atoms with Crippen LogP contribution in [0.1, 0.15) is 16.1 Å². The quantitative estimate of drug-likeness (QED) is 0.673. The molecule has 1 atom stereocenters. The number of hydrogen-bond donors (Lipinski definition) is 2. The maximum Gasteiger partial charge on any atom is 0.152 e. The molecule has 3 rings (SSSR count). The van der Waals surface area contributed by atoms with Gasteiger partial charge in [-0.3, -0.25) is 0 Å². The van der Waals surface area contributed by atoms with Crippen molar-refractivity contribution in [3.8, 4) is 0 Å². The van der Waals surface area contributed by atoms with E-state index in [1.807, 2.05) is 23.6 Å². The summed E-state index contributed by atoms with van der Waals surface area (Å²) in [6.07, 6.45) is 0.741. The Bertz CT molecular complexity index is 816. The molecule has 0 spiro atoms. The van der Waals surface area contributed by atoms with Gasteiger partial charge in [0.2, 0.25) is 0 Å². The summed E-state index contributed by atoms with van der Waals surface area (Å²) in [5, 5.41) is 10.4. The van der Waals surface area contributed by atoms with E-state index in [0.29, 0.717) is 11.8 Å². The third-order valence-electron chi connectivity index (χ3n) is 3.95. The zero-order valence-electron chi connectivity index (χ0n) is 13.8. The second kappa shape index (κ2) is 7.53. The van der Waals surface area contributed by atoms with E-state index < -0.39 is 0 Å². The molecule has 3 aromatic heterocycles. The molecule has 3 heterocycles. The fourth-order valence-corrected chi connectivity index (χ4v) is 3.61. The van der Waals surface area contributed by atoms with Crippen LogP contribution in [-0.4, -0.2) is 29.4 Å². The molecule has 0 saturated carbocycles. The highest BCUT2D eigenvalue weighted by atomic mass is 35.5. The zero-order chi connectivity index (χ0) is 17.1. The number of aromatic nitrogens is 2. The molecule has 0 radical (unpaired) electrons. The van der Waals surface area contributed by atoms with Crippen LogP contribution in [0.4, 0.5) is 5.69 Å². The van der Waals surface area contributed by atoms with Crippen LogP contribution in [0, 0.1) is 6.92 Å². The largest absolute Gasteiger partial charge is 0.383 e. The van der Waals surface area contributed by atoms with E-state index in [2.05, 4.69) is 27.9 Å². The first kappa shape index (κ1) is 17.2. The van der Waals surface area contributed by atoms with E-state index in [1.54, 1.807) is 18.4 Å². The molecule has 128 valence electrons. The number of methoxy groups -OCH3 is 1. The highest BCUT2D eigenvalue weighted by molar-refractivity contribution is 7.09. The number of nitrogens with one attached hydrogen (secondary N) is 1. The molecule has 24 heavy (non-hydrogen) atoms. The van der Waals surface area contributed by atoms with Crippen LogP contribution < -0.4 is 11.1 Å². The fraction of sp³-hybridized carbons (Fsp3) is 0.353. The molecule has 3 aromatic rings. The predicted molar refractivity (Wildman–Crippen MR) is 100 cm³/mol. The number of rotatable bonds is 7. The normalized spacial score (nSPS) is 12.7. The van der Waals surface area contributed by atoms with E-state index in [-0.39, 0.29) is 6.04 Å². The van der Waals surface area contributed by atoms with Gasteiger partial charge in [0.15, 0.2) is 5.15 Å². The summed E-state index contributed by atoms with van der Waals surface area (Å²) < 4.78 is 7.02. The summed E-state index contributed by atoms with van der Waals surface area (Å²) >= 11 is 7.93. The monoisotopic (exact) mass is 364 g/mol. The van der Waals surface area contributed by atoms with Gasteiger partial charge in [0.1, 0.15) is 0 Å². The molecule has 0 amide bonds. The smallest absolute Gasteiger partial charge is 0.152 e. The summed E-state index contributed by atoms with van der Waals surface area (Å²) in [5.74, 6) is 0. The van der Waals surface area contributed by atoms with Gasteiger partial charge in [-0.25, -0.2) is 4.52 Å². The zero-order valence-corrected chi connectivity index (χ0v) is 15.3. The SMILES string of the molecule is COC[C@H](N)Cc1cc2c(NCc3cccs3)cc(Cl)nn2c1C. The molecule has 0 fully saturated rings. The maximum absolute atomic E-state index is 6.21. The van der Waals surface area contributed by atoms with Gasteiger partial charge >= 0.3 is 0 Å². The van der Waals surface area contributed by atoms with E-state index >= 15 is 0 Å². The van der Waals surface area contributed by atoms with Crippen molar-refractivity contribution in [1.29, 1.82) is 0 Å². The van der Waals surface area contributed by atoms with Crippen molar-refractivity contribution in [3.05, 3.63) is 50.9 Å². The molecular formula is C17H21ClN4OS. The van der Waals surface area contributed by atoms with E-state index in [0.717, 1.165) is 35.4 Å². The fourth-order valence-electron chi connectivity index (χ4n) is 2.78. The van der Waals surface area contributed by atoms with Gasteiger partial charge in [0.05, 0.1) is 17.8 Å².